The van der Waals surface area contributed by atoms with E-state index >= 15 is 0 Å². The van der Waals surface area contributed by atoms with Crippen LogP contribution in [0.25, 0.3) is 0 Å². The van der Waals surface area contributed by atoms with Crippen molar-refractivity contribution < 1.29 is 9.18 Å². The Morgan fingerprint density at radius 1 is 1.56 bits per heavy atom. The van der Waals surface area contributed by atoms with Gasteiger partial charge in [-0.2, -0.15) is 0 Å². The number of aromatic nitrogens is 1. The Kier molecular flexibility index (Phi) is 3.76. The molecule has 1 amide bonds. The molecular formula is C12H17FN4O. The highest BCUT2D eigenvalue weighted by atomic mass is 19.1. The topological polar surface area (TPSA) is 71.2 Å². The highest BCUT2D eigenvalue weighted by Gasteiger charge is 2.24. The van der Waals surface area contributed by atoms with Crippen LogP contribution >= 0.6 is 0 Å². The normalized spacial score (nSPS) is 16.7. The SMILES string of the molecule is CC1CCN(C(=O)c2ccnc(NN)c2F)CC1. The predicted octanol–water partition coefficient (Wildman–Crippen LogP) is 1.38. The van der Waals surface area contributed by atoms with Crippen molar-refractivity contribution in [3.8, 4) is 0 Å². The zero-order valence-corrected chi connectivity index (χ0v) is 10.3. The van der Waals surface area contributed by atoms with Crippen LogP contribution in [0.15, 0.2) is 12.3 Å². The number of nitrogens with zero attached hydrogens (tertiary/aromatic N) is 2. The quantitative estimate of drug-likeness (QED) is 0.616. The monoisotopic (exact) mass is 252 g/mol. The van der Waals surface area contributed by atoms with Crippen LogP contribution in [0.4, 0.5) is 10.2 Å². The number of nitrogen functional groups attached to an aromatic ring is 1. The molecule has 0 spiro atoms. The minimum absolute atomic E-state index is 0.0208. The molecule has 1 aromatic rings. The summed E-state index contributed by atoms with van der Waals surface area (Å²) in [6.45, 7) is 3.51. The highest BCUT2D eigenvalue weighted by molar-refractivity contribution is 5.95. The highest BCUT2D eigenvalue weighted by Crippen LogP contribution is 2.21. The third-order valence-corrected chi connectivity index (χ3v) is 3.33. The number of amides is 1. The summed E-state index contributed by atoms with van der Waals surface area (Å²) in [6, 6.07) is 1.39. The molecule has 2 heterocycles. The fourth-order valence-corrected chi connectivity index (χ4v) is 2.09. The molecule has 5 nitrogen and oxygen atoms in total. The lowest BCUT2D eigenvalue weighted by Crippen LogP contribution is -2.38. The fraction of sp³-hybridized carbons (Fsp3) is 0.500. The smallest absolute Gasteiger partial charge is 0.257 e. The molecule has 1 aliphatic heterocycles. The molecule has 18 heavy (non-hydrogen) atoms. The summed E-state index contributed by atoms with van der Waals surface area (Å²) in [5, 5.41) is 0. The number of hydrogen-bond donors (Lipinski definition) is 2. The number of nitrogens with two attached hydrogens (primary N) is 1. The molecule has 1 fully saturated rings. The first-order valence-corrected chi connectivity index (χ1v) is 6.04. The van der Waals surface area contributed by atoms with Crippen LogP contribution in [0.2, 0.25) is 0 Å². The lowest BCUT2D eigenvalue weighted by atomic mass is 9.98. The van der Waals surface area contributed by atoms with Gasteiger partial charge < -0.3 is 10.3 Å². The summed E-state index contributed by atoms with van der Waals surface area (Å²) >= 11 is 0. The van der Waals surface area contributed by atoms with Crippen molar-refractivity contribution in [2.24, 2.45) is 11.8 Å². The van der Waals surface area contributed by atoms with Gasteiger partial charge in [0.25, 0.3) is 5.91 Å². The van der Waals surface area contributed by atoms with Gasteiger partial charge in [-0.3, -0.25) is 4.79 Å². The molecule has 1 aliphatic rings. The number of carbonyl (C=O) groups excluding carboxylic acids is 1. The summed E-state index contributed by atoms with van der Waals surface area (Å²) < 4.78 is 13.9. The first kappa shape index (κ1) is 12.8. The maximum Gasteiger partial charge on any atom is 0.257 e. The van der Waals surface area contributed by atoms with E-state index in [1.807, 2.05) is 0 Å². The average molecular weight is 252 g/mol. The second kappa shape index (κ2) is 5.30. The summed E-state index contributed by atoms with van der Waals surface area (Å²) in [7, 11) is 0. The van der Waals surface area contributed by atoms with Gasteiger partial charge in [0.2, 0.25) is 0 Å². The van der Waals surface area contributed by atoms with Crippen molar-refractivity contribution in [1.29, 1.82) is 0 Å². The van der Waals surface area contributed by atoms with Gasteiger partial charge in [-0.15, -0.1) is 0 Å². The van der Waals surface area contributed by atoms with Crippen LogP contribution in [-0.4, -0.2) is 28.9 Å². The lowest BCUT2D eigenvalue weighted by molar-refractivity contribution is 0.0692. The van der Waals surface area contributed by atoms with Gasteiger partial charge in [-0.05, 0) is 24.8 Å². The van der Waals surface area contributed by atoms with E-state index in [1.54, 1.807) is 4.90 Å². The van der Waals surface area contributed by atoms with Crippen LogP contribution in [0, 0.1) is 11.7 Å². The van der Waals surface area contributed by atoms with Crippen LogP contribution < -0.4 is 11.3 Å². The van der Waals surface area contributed by atoms with Crippen molar-refractivity contribution in [2.75, 3.05) is 18.5 Å². The third-order valence-electron chi connectivity index (χ3n) is 3.33. The molecule has 98 valence electrons. The Hall–Kier alpha value is -1.69. The number of piperidine rings is 1. The molecule has 0 aliphatic carbocycles. The molecule has 3 N–H and O–H groups in total. The Morgan fingerprint density at radius 2 is 2.22 bits per heavy atom. The van der Waals surface area contributed by atoms with Crippen molar-refractivity contribution in [3.05, 3.63) is 23.6 Å². The molecule has 2 rings (SSSR count). The molecule has 0 saturated carbocycles. The summed E-state index contributed by atoms with van der Waals surface area (Å²) in [5.41, 5.74) is 2.16. The molecule has 0 unspecified atom stereocenters. The number of anilines is 1. The Bertz CT molecular complexity index is 444. The van der Waals surface area contributed by atoms with Gasteiger partial charge in [-0.25, -0.2) is 15.2 Å². The number of carbonyl (C=O) groups is 1. The second-order valence-electron chi connectivity index (χ2n) is 4.64. The fourth-order valence-electron chi connectivity index (χ4n) is 2.09. The van der Waals surface area contributed by atoms with Gasteiger partial charge in [0.1, 0.15) is 0 Å². The Morgan fingerprint density at radius 3 is 2.83 bits per heavy atom. The third kappa shape index (κ3) is 2.43. The number of pyridine rings is 1. The molecule has 0 bridgehead atoms. The standard InChI is InChI=1S/C12H17FN4O/c1-8-3-6-17(7-4-8)12(18)9-2-5-15-11(16-14)10(9)13/h2,5,8H,3-4,6-7,14H2,1H3,(H,15,16). The number of likely N-dealkylation sites (tertiary alicyclic amines) is 1. The minimum Gasteiger partial charge on any atom is -0.339 e. The number of nitrogens with one attached hydrogen (secondary N) is 1. The molecule has 1 aromatic heterocycles. The Labute approximate surface area is 105 Å². The maximum atomic E-state index is 13.9. The summed E-state index contributed by atoms with van der Waals surface area (Å²) in [4.78, 5) is 17.6. The average Bonchev–Trinajstić information content (AvgIpc) is 2.39. The van der Waals surface area contributed by atoms with E-state index < -0.39 is 5.82 Å². The van der Waals surface area contributed by atoms with Crippen LogP contribution in [-0.2, 0) is 0 Å². The Balaban J connectivity index is 2.18. The zero-order chi connectivity index (χ0) is 13.1. The van der Waals surface area contributed by atoms with Gasteiger partial charge in [-0.1, -0.05) is 6.92 Å². The summed E-state index contributed by atoms with van der Waals surface area (Å²) in [6.07, 6.45) is 3.29. The van der Waals surface area contributed by atoms with E-state index in [1.165, 1.54) is 12.3 Å². The minimum atomic E-state index is -0.691. The lowest BCUT2D eigenvalue weighted by Gasteiger charge is -2.30. The molecule has 0 atom stereocenters. The number of halogens is 1. The van der Waals surface area contributed by atoms with Crippen LogP contribution in [0.1, 0.15) is 30.1 Å². The van der Waals surface area contributed by atoms with E-state index in [0.29, 0.717) is 19.0 Å². The van der Waals surface area contributed by atoms with Crippen molar-refractivity contribution >= 4 is 11.7 Å². The van der Waals surface area contributed by atoms with Gasteiger partial charge in [0, 0.05) is 19.3 Å². The zero-order valence-electron chi connectivity index (χ0n) is 10.3. The number of hydrogen-bond acceptors (Lipinski definition) is 4. The van der Waals surface area contributed by atoms with Crippen LogP contribution in [0.3, 0.4) is 0 Å². The maximum absolute atomic E-state index is 13.9. The first-order chi connectivity index (χ1) is 8.63. The summed E-state index contributed by atoms with van der Waals surface area (Å²) in [5.74, 6) is 4.67. The van der Waals surface area contributed by atoms with Gasteiger partial charge in [0.15, 0.2) is 11.6 Å². The van der Waals surface area contributed by atoms with Gasteiger partial charge in [0.05, 0.1) is 5.56 Å². The first-order valence-electron chi connectivity index (χ1n) is 6.04. The van der Waals surface area contributed by atoms with Crippen LogP contribution in [0.5, 0.6) is 0 Å². The largest absolute Gasteiger partial charge is 0.339 e. The molecule has 0 aromatic carbocycles. The predicted molar refractivity (Wildman–Crippen MR) is 66.3 cm³/mol. The molecular weight excluding hydrogens is 235 g/mol. The molecule has 0 radical (unpaired) electrons. The van der Waals surface area contributed by atoms with E-state index in [2.05, 4.69) is 17.3 Å². The molecule has 6 heteroatoms. The van der Waals surface area contributed by atoms with E-state index in [4.69, 9.17) is 5.84 Å². The van der Waals surface area contributed by atoms with E-state index in [-0.39, 0.29) is 17.3 Å². The molecule has 1 saturated heterocycles. The van der Waals surface area contributed by atoms with Crippen molar-refractivity contribution in [1.82, 2.24) is 9.88 Å². The number of rotatable bonds is 2. The van der Waals surface area contributed by atoms with E-state index in [9.17, 15) is 9.18 Å². The van der Waals surface area contributed by atoms with Gasteiger partial charge >= 0.3 is 0 Å². The van der Waals surface area contributed by atoms with Crippen molar-refractivity contribution in [2.45, 2.75) is 19.8 Å². The second-order valence-corrected chi connectivity index (χ2v) is 4.64. The van der Waals surface area contributed by atoms with Crippen molar-refractivity contribution in [3.63, 3.8) is 0 Å². The number of hydrazine groups is 1. The van der Waals surface area contributed by atoms with E-state index in [0.717, 1.165) is 12.8 Å².